The van der Waals surface area contributed by atoms with E-state index in [0.29, 0.717) is 43.4 Å². The van der Waals surface area contributed by atoms with E-state index in [9.17, 15) is 13.2 Å². The summed E-state index contributed by atoms with van der Waals surface area (Å²) in [6.07, 6.45) is -4.48. The molecule has 2 aromatic carbocycles. The molecule has 1 heterocycles. The molecule has 0 bridgehead atoms. The van der Waals surface area contributed by atoms with Gasteiger partial charge in [-0.1, -0.05) is 12.1 Å². The Morgan fingerprint density at radius 1 is 1.21 bits per heavy atom. The third-order valence-corrected chi connectivity index (χ3v) is 4.54. The van der Waals surface area contributed by atoms with Crippen molar-refractivity contribution in [2.75, 3.05) is 43.6 Å². The van der Waals surface area contributed by atoms with Crippen molar-refractivity contribution < 1.29 is 22.6 Å². The van der Waals surface area contributed by atoms with E-state index in [1.807, 2.05) is 4.90 Å². The van der Waals surface area contributed by atoms with Crippen LogP contribution >= 0.6 is 0 Å². The van der Waals surface area contributed by atoms with Gasteiger partial charge in [0, 0.05) is 30.5 Å². The second-order valence-electron chi connectivity index (χ2n) is 6.50. The monoisotopic (exact) mass is 408 g/mol. The van der Waals surface area contributed by atoms with Gasteiger partial charge in [0.1, 0.15) is 5.75 Å². The summed E-state index contributed by atoms with van der Waals surface area (Å²) in [7, 11) is 1.54. The first-order chi connectivity index (χ1) is 13.9. The van der Waals surface area contributed by atoms with Crippen molar-refractivity contribution in [2.45, 2.75) is 12.7 Å². The molecule has 0 radical (unpaired) electrons. The molecule has 0 atom stereocenters. The molecule has 156 valence electrons. The van der Waals surface area contributed by atoms with Gasteiger partial charge in [-0.2, -0.15) is 13.2 Å². The van der Waals surface area contributed by atoms with Gasteiger partial charge in [0.25, 0.3) is 0 Å². The zero-order valence-electron chi connectivity index (χ0n) is 16.0. The standard InChI is InChI=1S/C20H23F3N4O2/c1-28-17-4-2-3-15(11-17)26-19(24)25-13-14-5-6-16(12-18(14)20(21,22)23)27-7-9-29-10-8-27/h2-6,11-12H,7-10,13H2,1H3,(H3,24,25,26). The van der Waals surface area contributed by atoms with Crippen molar-refractivity contribution >= 4 is 17.3 Å². The molecule has 1 aliphatic heterocycles. The molecule has 0 spiro atoms. The molecule has 1 saturated heterocycles. The van der Waals surface area contributed by atoms with E-state index in [-0.39, 0.29) is 18.1 Å². The number of nitrogens with zero attached hydrogens (tertiary/aromatic N) is 2. The van der Waals surface area contributed by atoms with Crippen molar-refractivity contribution in [2.24, 2.45) is 10.7 Å². The van der Waals surface area contributed by atoms with E-state index >= 15 is 0 Å². The largest absolute Gasteiger partial charge is 0.497 e. The Morgan fingerprint density at radius 3 is 2.66 bits per heavy atom. The van der Waals surface area contributed by atoms with Crippen LogP contribution in [0.3, 0.4) is 0 Å². The van der Waals surface area contributed by atoms with E-state index < -0.39 is 11.7 Å². The van der Waals surface area contributed by atoms with Gasteiger partial charge >= 0.3 is 6.18 Å². The summed E-state index contributed by atoms with van der Waals surface area (Å²) in [5.74, 6) is 0.643. The maximum absolute atomic E-state index is 13.6. The molecule has 29 heavy (non-hydrogen) atoms. The van der Waals surface area contributed by atoms with Crippen LogP contribution in [0.4, 0.5) is 24.5 Å². The average Bonchev–Trinajstić information content (AvgIpc) is 2.72. The minimum Gasteiger partial charge on any atom is -0.497 e. The first kappa shape index (κ1) is 20.8. The molecule has 3 rings (SSSR count). The van der Waals surface area contributed by atoms with E-state index in [2.05, 4.69) is 10.3 Å². The number of guanidine groups is 1. The number of rotatable bonds is 5. The fourth-order valence-electron chi connectivity index (χ4n) is 3.04. The Morgan fingerprint density at radius 2 is 1.97 bits per heavy atom. The van der Waals surface area contributed by atoms with E-state index in [1.165, 1.54) is 19.2 Å². The molecule has 3 N–H and O–H groups in total. The molecule has 0 aromatic heterocycles. The molecule has 0 aliphatic carbocycles. The zero-order valence-corrected chi connectivity index (χ0v) is 16.0. The number of aliphatic imine (C=N–C) groups is 1. The number of nitrogens with two attached hydrogens (primary N) is 1. The van der Waals surface area contributed by atoms with Gasteiger partial charge in [0.05, 0.1) is 32.4 Å². The van der Waals surface area contributed by atoms with Crippen LogP contribution in [0.2, 0.25) is 0 Å². The van der Waals surface area contributed by atoms with Crippen LogP contribution in [-0.2, 0) is 17.5 Å². The Bertz CT molecular complexity index is 865. The molecule has 0 saturated carbocycles. The summed E-state index contributed by atoms with van der Waals surface area (Å²) in [5, 5.41) is 2.85. The van der Waals surface area contributed by atoms with Crippen LogP contribution in [0.15, 0.2) is 47.5 Å². The van der Waals surface area contributed by atoms with Gasteiger partial charge in [-0.3, -0.25) is 0 Å². The van der Waals surface area contributed by atoms with E-state index in [1.54, 1.807) is 30.3 Å². The van der Waals surface area contributed by atoms with Gasteiger partial charge in [-0.15, -0.1) is 0 Å². The first-order valence-electron chi connectivity index (χ1n) is 9.10. The lowest BCUT2D eigenvalue weighted by molar-refractivity contribution is -0.138. The number of halogens is 3. The van der Waals surface area contributed by atoms with Crippen molar-refractivity contribution in [1.29, 1.82) is 0 Å². The van der Waals surface area contributed by atoms with Crippen LogP contribution in [0.25, 0.3) is 0 Å². The Balaban J connectivity index is 1.77. The summed E-state index contributed by atoms with van der Waals surface area (Å²) in [6.45, 7) is 1.93. The van der Waals surface area contributed by atoms with E-state index in [0.717, 1.165) is 0 Å². The quantitative estimate of drug-likeness (QED) is 0.586. The molecule has 6 nitrogen and oxygen atoms in total. The minimum atomic E-state index is -4.48. The van der Waals surface area contributed by atoms with Crippen LogP contribution in [0.5, 0.6) is 5.75 Å². The highest BCUT2D eigenvalue weighted by Crippen LogP contribution is 2.35. The normalized spacial score (nSPS) is 15.3. The number of hydrogen-bond acceptors (Lipinski definition) is 4. The third-order valence-electron chi connectivity index (χ3n) is 4.54. The highest BCUT2D eigenvalue weighted by molar-refractivity contribution is 5.92. The van der Waals surface area contributed by atoms with Crippen molar-refractivity contribution in [3.05, 3.63) is 53.6 Å². The molecule has 0 unspecified atom stereocenters. The van der Waals surface area contributed by atoms with E-state index in [4.69, 9.17) is 15.2 Å². The summed E-state index contributed by atoms with van der Waals surface area (Å²) in [4.78, 5) is 5.95. The molecular weight excluding hydrogens is 385 g/mol. The highest BCUT2D eigenvalue weighted by Gasteiger charge is 2.34. The number of nitrogens with one attached hydrogen (secondary N) is 1. The summed E-state index contributed by atoms with van der Waals surface area (Å²) >= 11 is 0. The molecule has 1 fully saturated rings. The van der Waals surface area contributed by atoms with Gasteiger partial charge in [0.15, 0.2) is 5.96 Å². The lowest BCUT2D eigenvalue weighted by Crippen LogP contribution is -2.36. The summed E-state index contributed by atoms with van der Waals surface area (Å²) < 4.78 is 51.2. The number of hydrogen-bond donors (Lipinski definition) is 2. The van der Waals surface area contributed by atoms with Crippen LogP contribution in [0, 0.1) is 0 Å². The molecule has 0 amide bonds. The zero-order chi connectivity index (χ0) is 20.9. The third kappa shape index (κ3) is 5.54. The second-order valence-corrected chi connectivity index (χ2v) is 6.50. The lowest BCUT2D eigenvalue weighted by atomic mass is 10.1. The number of morpholine rings is 1. The van der Waals surface area contributed by atoms with Gasteiger partial charge < -0.3 is 25.4 Å². The van der Waals surface area contributed by atoms with Crippen LogP contribution < -0.4 is 20.7 Å². The maximum atomic E-state index is 13.6. The predicted octanol–water partition coefficient (Wildman–Crippen LogP) is 3.48. The minimum absolute atomic E-state index is 0.0173. The molecule has 9 heteroatoms. The summed E-state index contributed by atoms with van der Waals surface area (Å²) in [5.41, 5.74) is 6.35. The number of alkyl halides is 3. The van der Waals surface area contributed by atoms with Gasteiger partial charge in [0.2, 0.25) is 0 Å². The fraction of sp³-hybridized carbons (Fsp3) is 0.350. The summed E-state index contributed by atoms with van der Waals surface area (Å²) in [6, 6.07) is 11.3. The van der Waals surface area contributed by atoms with Crippen molar-refractivity contribution in [1.82, 2.24) is 0 Å². The fourth-order valence-corrected chi connectivity index (χ4v) is 3.04. The smallest absolute Gasteiger partial charge is 0.416 e. The second kappa shape index (κ2) is 9.04. The van der Waals surface area contributed by atoms with Crippen molar-refractivity contribution in [3.63, 3.8) is 0 Å². The number of anilines is 2. The highest BCUT2D eigenvalue weighted by atomic mass is 19.4. The number of methoxy groups -OCH3 is 1. The van der Waals surface area contributed by atoms with Crippen LogP contribution in [-0.4, -0.2) is 39.4 Å². The van der Waals surface area contributed by atoms with Crippen molar-refractivity contribution in [3.8, 4) is 5.75 Å². The SMILES string of the molecule is COc1cccc(NC(N)=NCc2ccc(N3CCOCC3)cc2C(F)(F)F)c1. The molecular formula is C20H23F3N4O2. The topological polar surface area (TPSA) is 72.1 Å². The van der Waals surface area contributed by atoms with Gasteiger partial charge in [-0.25, -0.2) is 4.99 Å². The maximum Gasteiger partial charge on any atom is 0.416 e. The Kier molecular flexibility index (Phi) is 6.48. The molecule has 1 aliphatic rings. The number of ether oxygens (including phenoxy) is 2. The molecule has 2 aromatic rings. The predicted molar refractivity (Wildman–Crippen MR) is 106 cm³/mol. The Labute approximate surface area is 167 Å². The van der Waals surface area contributed by atoms with Crippen LogP contribution in [0.1, 0.15) is 11.1 Å². The lowest BCUT2D eigenvalue weighted by Gasteiger charge is -2.29. The number of benzene rings is 2. The Hall–Kier alpha value is -2.94. The average molecular weight is 408 g/mol. The first-order valence-corrected chi connectivity index (χ1v) is 9.10. The van der Waals surface area contributed by atoms with Gasteiger partial charge in [-0.05, 0) is 29.8 Å².